The fraction of sp³-hybridized carbons (Fsp3) is 0.833. The summed E-state index contributed by atoms with van der Waals surface area (Å²) >= 11 is 0. The molecule has 1 aromatic heterocycles. The number of hydrogen-bond acceptors (Lipinski definition) is 3. The van der Waals surface area contributed by atoms with Crippen molar-refractivity contribution in [1.82, 2.24) is 20.1 Å². The molecule has 0 bridgehead atoms. The van der Waals surface area contributed by atoms with Crippen molar-refractivity contribution in [3.8, 4) is 0 Å². The van der Waals surface area contributed by atoms with Gasteiger partial charge in [-0.1, -0.05) is 33.6 Å². The van der Waals surface area contributed by atoms with E-state index < -0.39 is 0 Å². The SMILES string of the molecule is CCCNCc1ncnn1CC(CC)CC. The van der Waals surface area contributed by atoms with Gasteiger partial charge >= 0.3 is 0 Å². The highest BCUT2D eigenvalue weighted by molar-refractivity contribution is 4.84. The van der Waals surface area contributed by atoms with Crippen molar-refractivity contribution < 1.29 is 0 Å². The minimum atomic E-state index is 0.714. The molecule has 0 unspecified atom stereocenters. The first-order valence-electron chi connectivity index (χ1n) is 6.39. The van der Waals surface area contributed by atoms with Gasteiger partial charge in [-0.3, -0.25) is 0 Å². The molecule has 16 heavy (non-hydrogen) atoms. The Balaban J connectivity index is 2.49. The Morgan fingerprint density at radius 2 is 2.06 bits per heavy atom. The molecule has 0 spiro atoms. The van der Waals surface area contributed by atoms with Crippen molar-refractivity contribution in [3.05, 3.63) is 12.2 Å². The van der Waals surface area contributed by atoms with E-state index in [9.17, 15) is 0 Å². The predicted octanol–water partition coefficient (Wildman–Crippen LogP) is 2.21. The summed E-state index contributed by atoms with van der Waals surface area (Å²) in [5.41, 5.74) is 0. The van der Waals surface area contributed by atoms with E-state index in [1.54, 1.807) is 6.33 Å². The molecule has 0 saturated carbocycles. The molecule has 0 saturated heterocycles. The largest absolute Gasteiger partial charge is 0.310 e. The van der Waals surface area contributed by atoms with Crippen LogP contribution < -0.4 is 5.32 Å². The van der Waals surface area contributed by atoms with Gasteiger partial charge in [0, 0.05) is 6.54 Å². The number of nitrogens with one attached hydrogen (secondary N) is 1. The lowest BCUT2D eigenvalue weighted by molar-refractivity contribution is 0.383. The van der Waals surface area contributed by atoms with E-state index in [1.807, 2.05) is 4.68 Å². The summed E-state index contributed by atoms with van der Waals surface area (Å²) in [6, 6.07) is 0. The van der Waals surface area contributed by atoms with Crippen molar-refractivity contribution in [2.24, 2.45) is 5.92 Å². The lowest BCUT2D eigenvalue weighted by Gasteiger charge is -2.13. The van der Waals surface area contributed by atoms with Crippen LogP contribution in [0.15, 0.2) is 6.33 Å². The van der Waals surface area contributed by atoms with E-state index in [0.717, 1.165) is 31.9 Å². The third-order valence-corrected chi connectivity index (χ3v) is 2.99. The van der Waals surface area contributed by atoms with E-state index in [1.165, 1.54) is 12.8 Å². The molecule has 4 nitrogen and oxygen atoms in total. The highest BCUT2D eigenvalue weighted by atomic mass is 15.3. The van der Waals surface area contributed by atoms with Crippen molar-refractivity contribution in [2.45, 2.75) is 53.1 Å². The van der Waals surface area contributed by atoms with Gasteiger partial charge < -0.3 is 5.32 Å². The number of nitrogens with zero attached hydrogens (tertiary/aromatic N) is 3. The molecule has 0 radical (unpaired) electrons. The van der Waals surface area contributed by atoms with Gasteiger partial charge in [-0.05, 0) is 18.9 Å². The van der Waals surface area contributed by atoms with Crippen LogP contribution in [0.3, 0.4) is 0 Å². The van der Waals surface area contributed by atoms with Crippen LogP contribution in [0.25, 0.3) is 0 Å². The standard InChI is InChI=1S/C12H24N4/c1-4-7-13-8-12-14-10-15-16(12)9-11(5-2)6-3/h10-11,13H,4-9H2,1-3H3. The van der Waals surface area contributed by atoms with Gasteiger partial charge in [0.25, 0.3) is 0 Å². The zero-order valence-electron chi connectivity index (χ0n) is 10.7. The first-order valence-corrected chi connectivity index (χ1v) is 6.39. The third-order valence-electron chi connectivity index (χ3n) is 2.99. The summed E-state index contributed by atoms with van der Waals surface area (Å²) < 4.78 is 2.04. The fourth-order valence-corrected chi connectivity index (χ4v) is 1.75. The molecule has 0 aromatic carbocycles. The Hall–Kier alpha value is -0.900. The quantitative estimate of drug-likeness (QED) is 0.688. The molecule has 4 heteroatoms. The Bertz CT molecular complexity index is 278. The molecule has 0 amide bonds. The minimum Gasteiger partial charge on any atom is -0.310 e. The lowest BCUT2D eigenvalue weighted by atomic mass is 10.0. The fourth-order valence-electron chi connectivity index (χ4n) is 1.75. The van der Waals surface area contributed by atoms with Gasteiger partial charge in [0.15, 0.2) is 0 Å². The second-order valence-electron chi connectivity index (χ2n) is 4.22. The Morgan fingerprint density at radius 3 is 2.69 bits per heavy atom. The van der Waals surface area contributed by atoms with Crippen LogP contribution in [0, 0.1) is 5.92 Å². The van der Waals surface area contributed by atoms with Crippen molar-refractivity contribution >= 4 is 0 Å². The maximum Gasteiger partial charge on any atom is 0.140 e. The molecule has 1 heterocycles. The minimum absolute atomic E-state index is 0.714. The summed E-state index contributed by atoms with van der Waals surface area (Å²) in [6.07, 6.45) is 5.22. The molecule has 92 valence electrons. The number of rotatable bonds is 8. The molecule has 0 aliphatic carbocycles. The first kappa shape index (κ1) is 13.2. The lowest BCUT2D eigenvalue weighted by Crippen LogP contribution is -2.20. The average molecular weight is 224 g/mol. The Kier molecular flexibility index (Phi) is 6.08. The van der Waals surface area contributed by atoms with Crippen LogP contribution in [0.5, 0.6) is 0 Å². The molecule has 1 rings (SSSR count). The maximum atomic E-state index is 4.30. The van der Waals surface area contributed by atoms with Crippen molar-refractivity contribution in [3.63, 3.8) is 0 Å². The molecule has 0 fully saturated rings. The highest BCUT2D eigenvalue weighted by Gasteiger charge is 2.09. The smallest absolute Gasteiger partial charge is 0.140 e. The van der Waals surface area contributed by atoms with Gasteiger partial charge in [0.05, 0.1) is 6.54 Å². The van der Waals surface area contributed by atoms with Crippen LogP contribution in [-0.4, -0.2) is 21.3 Å². The van der Waals surface area contributed by atoms with E-state index in [4.69, 9.17) is 0 Å². The van der Waals surface area contributed by atoms with Crippen LogP contribution in [0.1, 0.15) is 45.9 Å². The van der Waals surface area contributed by atoms with E-state index in [0.29, 0.717) is 5.92 Å². The normalized spacial score (nSPS) is 11.2. The Labute approximate surface area is 98.5 Å². The van der Waals surface area contributed by atoms with Gasteiger partial charge in [0.1, 0.15) is 12.2 Å². The number of hydrogen-bond donors (Lipinski definition) is 1. The molecular weight excluding hydrogens is 200 g/mol. The van der Waals surface area contributed by atoms with Gasteiger partial charge in [0.2, 0.25) is 0 Å². The van der Waals surface area contributed by atoms with E-state index in [2.05, 4.69) is 36.2 Å². The summed E-state index contributed by atoms with van der Waals surface area (Å²) in [5, 5.41) is 7.66. The van der Waals surface area contributed by atoms with Crippen LogP contribution >= 0.6 is 0 Å². The maximum absolute atomic E-state index is 4.30. The third kappa shape index (κ3) is 3.93. The first-order chi connectivity index (χ1) is 7.81. The van der Waals surface area contributed by atoms with Gasteiger partial charge in [-0.15, -0.1) is 0 Å². The molecule has 0 aliphatic rings. The molecule has 0 atom stereocenters. The van der Waals surface area contributed by atoms with Crippen LogP contribution in [-0.2, 0) is 13.1 Å². The number of aromatic nitrogens is 3. The molecule has 1 N–H and O–H groups in total. The average Bonchev–Trinajstić information content (AvgIpc) is 2.74. The van der Waals surface area contributed by atoms with Gasteiger partial charge in [-0.2, -0.15) is 5.10 Å². The monoisotopic (exact) mass is 224 g/mol. The summed E-state index contributed by atoms with van der Waals surface area (Å²) in [5.74, 6) is 1.77. The van der Waals surface area contributed by atoms with E-state index in [-0.39, 0.29) is 0 Å². The van der Waals surface area contributed by atoms with Crippen molar-refractivity contribution in [2.75, 3.05) is 6.54 Å². The molecular formula is C12H24N4. The van der Waals surface area contributed by atoms with Crippen LogP contribution in [0.2, 0.25) is 0 Å². The summed E-state index contributed by atoms with van der Waals surface area (Å²) in [6.45, 7) is 9.50. The molecule has 1 aromatic rings. The summed E-state index contributed by atoms with van der Waals surface area (Å²) in [7, 11) is 0. The van der Waals surface area contributed by atoms with Gasteiger partial charge in [-0.25, -0.2) is 9.67 Å². The summed E-state index contributed by atoms with van der Waals surface area (Å²) in [4.78, 5) is 4.30. The van der Waals surface area contributed by atoms with Crippen LogP contribution in [0.4, 0.5) is 0 Å². The topological polar surface area (TPSA) is 42.7 Å². The zero-order valence-corrected chi connectivity index (χ0v) is 10.7. The van der Waals surface area contributed by atoms with E-state index >= 15 is 0 Å². The van der Waals surface area contributed by atoms with Crippen molar-refractivity contribution in [1.29, 1.82) is 0 Å². The molecule has 0 aliphatic heterocycles. The highest BCUT2D eigenvalue weighted by Crippen LogP contribution is 2.10. The Morgan fingerprint density at radius 1 is 1.31 bits per heavy atom. The second-order valence-corrected chi connectivity index (χ2v) is 4.22. The zero-order chi connectivity index (χ0) is 11.8. The predicted molar refractivity (Wildman–Crippen MR) is 66.1 cm³/mol. The second kappa shape index (κ2) is 7.39.